The maximum absolute atomic E-state index is 13.9. The van der Waals surface area contributed by atoms with Crippen molar-refractivity contribution >= 4 is 15.9 Å². The second-order valence-corrected chi connectivity index (χ2v) is 10.8. The molecule has 7 heteroatoms. The minimum absolute atomic E-state index is 0.0809. The lowest BCUT2D eigenvalue weighted by Gasteiger charge is -2.35. The molecule has 34 heavy (non-hydrogen) atoms. The number of hydrogen-bond acceptors (Lipinski definition) is 4. The third-order valence-electron chi connectivity index (χ3n) is 6.32. The summed E-state index contributed by atoms with van der Waals surface area (Å²) in [7, 11) is -3.93. The second-order valence-electron chi connectivity index (χ2n) is 8.96. The minimum Gasteiger partial charge on any atom is -0.392 e. The van der Waals surface area contributed by atoms with Crippen molar-refractivity contribution in [1.29, 1.82) is 0 Å². The fourth-order valence-corrected chi connectivity index (χ4v) is 6.79. The maximum Gasteiger partial charge on any atom is 0.244 e. The molecule has 0 bridgehead atoms. The van der Waals surface area contributed by atoms with Gasteiger partial charge >= 0.3 is 0 Å². The van der Waals surface area contributed by atoms with Crippen LogP contribution in [-0.4, -0.2) is 29.8 Å². The van der Waals surface area contributed by atoms with Crippen molar-refractivity contribution in [3.8, 4) is 0 Å². The van der Waals surface area contributed by atoms with Crippen molar-refractivity contribution in [1.82, 2.24) is 9.62 Å². The first kappa shape index (κ1) is 24.1. The molecule has 1 atom stereocenters. The number of amides is 1. The standard InChI is InChI=1S/C27H30N2O4S/c1-18-11-19(2)26(20(3)12-18)34(32,33)29-16-24-10-5-4-9-23(24)14-25(29)27(31)28-15-21-7-6-8-22(13-21)17-30/h4-13,25,30H,14-17H2,1-3H3,(H,28,31). The number of aliphatic hydroxyl groups excluding tert-OH is 1. The number of sulfonamides is 1. The third kappa shape index (κ3) is 4.78. The monoisotopic (exact) mass is 478 g/mol. The first-order valence-electron chi connectivity index (χ1n) is 11.3. The lowest BCUT2D eigenvalue weighted by Crippen LogP contribution is -2.52. The SMILES string of the molecule is Cc1cc(C)c(S(=O)(=O)N2Cc3ccccc3CC2C(=O)NCc2cccc(CO)c2)c(C)c1. The van der Waals surface area contributed by atoms with Crippen molar-refractivity contribution in [3.63, 3.8) is 0 Å². The van der Waals surface area contributed by atoms with E-state index in [0.717, 1.165) is 27.8 Å². The van der Waals surface area contributed by atoms with E-state index in [0.29, 0.717) is 17.5 Å². The zero-order chi connectivity index (χ0) is 24.5. The van der Waals surface area contributed by atoms with Gasteiger partial charge < -0.3 is 10.4 Å². The zero-order valence-corrected chi connectivity index (χ0v) is 20.5. The first-order chi connectivity index (χ1) is 16.2. The predicted molar refractivity (Wildman–Crippen MR) is 132 cm³/mol. The van der Waals surface area contributed by atoms with Gasteiger partial charge in [0, 0.05) is 13.1 Å². The van der Waals surface area contributed by atoms with Gasteiger partial charge in [0.05, 0.1) is 11.5 Å². The van der Waals surface area contributed by atoms with Crippen LogP contribution in [0.3, 0.4) is 0 Å². The number of nitrogens with zero attached hydrogens (tertiary/aromatic N) is 1. The highest BCUT2D eigenvalue weighted by molar-refractivity contribution is 7.89. The number of nitrogens with one attached hydrogen (secondary N) is 1. The maximum atomic E-state index is 13.9. The van der Waals surface area contributed by atoms with Crippen molar-refractivity contribution < 1.29 is 18.3 Å². The molecule has 1 unspecified atom stereocenters. The summed E-state index contributed by atoms with van der Waals surface area (Å²) in [5, 5.41) is 12.3. The molecule has 3 aromatic carbocycles. The summed E-state index contributed by atoms with van der Waals surface area (Å²) in [5.41, 5.74) is 5.84. The summed E-state index contributed by atoms with van der Waals surface area (Å²) in [4.78, 5) is 13.7. The van der Waals surface area contributed by atoms with E-state index in [1.807, 2.05) is 67.6 Å². The van der Waals surface area contributed by atoms with Crippen LogP contribution < -0.4 is 5.32 Å². The van der Waals surface area contributed by atoms with E-state index >= 15 is 0 Å². The van der Waals surface area contributed by atoms with Gasteiger partial charge in [-0.3, -0.25) is 4.79 Å². The summed E-state index contributed by atoms with van der Waals surface area (Å²) >= 11 is 0. The lowest BCUT2D eigenvalue weighted by atomic mass is 9.95. The molecule has 1 aliphatic heterocycles. The number of aryl methyl sites for hydroxylation is 3. The molecule has 0 aromatic heterocycles. The molecule has 0 spiro atoms. The Labute approximate surface area is 201 Å². The molecule has 1 heterocycles. The highest BCUT2D eigenvalue weighted by Gasteiger charge is 2.40. The molecule has 0 fully saturated rings. The number of rotatable bonds is 6. The van der Waals surface area contributed by atoms with Gasteiger partial charge in [-0.2, -0.15) is 4.31 Å². The Balaban J connectivity index is 1.68. The quantitative estimate of drug-likeness (QED) is 0.567. The third-order valence-corrected chi connectivity index (χ3v) is 8.48. The Morgan fingerprint density at radius 2 is 1.62 bits per heavy atom. The van der Waals surface area contributed by atoms with Crippen LogP contribution in [-0.2, 0) is 40.9 Å². The van der Waals surface area contributed by atoms with Gasteiger partial charge in [-0.05, 0) is 60.6 Å². The Hall–Kier alpha value is -3.00. The van der Waals surface area contributed by atoms with Crippen molar-refractivity contribution in [3.05, 3.63) is 99.6 Å². The van der Waals surface area contributed by atoms with Gasteiger partial charge in [0.2, 0.25) is 15.9 Å². The number of carbonyl (C=O) groups excluding carboxylic acids is 1. The molecule has 0 radical (unpaired) electrons. The van der Waals surface area contributed by atoms with E-state index in [4.69, 9.17) is 0 Å². The Morgan fingerprint density at radius 1 is 0.971 bits per heavy atom. The molecule has 1 aliphatic rings. The van der Waals surface area contributed by atoms with Crippen LogP contribution in [0.15, 0.2) is 65.6 Å². The minimum atomic E-state index is -3.93. The summed E-state index contributed by atoms with van der Waals surface area (Å²) < 4.78 is 29.2. The smallest absolute Gasteiger partial charge is 0.244 e. The van der Waals surface area contributed by atoms with E-state index in [1.54, 1.807) is 13.8 Å². The van der Waals surface area contributed by atoms with Crippen LogP contribution in [0.4, 0.5) is 0 Å². The molecule has 0 aliphatic carbocycles. The van der Waals surface area contributed by atoms with Gasteiger partial charge in [0.1, 0.15) is 6.04 Å². The van der Waals surface area contributed by atoms with Crippen LogP contribution >= 0.6 is 0 Å². The normalized spacial score (nSPS) is 16.2. The van der Waals surface area contributed by atoms with Gasteiger partial charge in [-0.15, -0.1) is 0 Å². The number of hydrogen-bond donors (Lipinski definition) is 2. The van der Waals surface area contributed by atoms with E-state index in [2.05, 4.69) is 5.32 Å². The Bertz CT molecular complexity index is 1310. The summed E-state index contributed by atoms with van der Waals surface area (Å²) in [6, 6.07) is 17.9. The average Bonchev–Trinajstić information content (AvgIpc) is 2.81. The second kappa shape index (κ2) is 9.70. The lowest BCUT2D eigenvalue weighted by molar-refractivity contribution is -0.125. The van der Waals surface area contributed by atoms with Gasteiger partial charge in [0.25, 0.3) is 0 Å². The van der Waals surface area contributed by atoms with Gasteiger partial charge in [0.15, 0.2) is 0 Å². The van der Waals surface area contributed by atoms with Crippen LogP contribution in [0.25, 0.3) is 0 Å². The largest absolute Gasteiger partial charge is 0.392 e. The molecule has 3 aromatic rings. The van der Waals surface area contributed by atoms with Crippen molar-refractivity contribution in [2.75, 3.05) is 0 Å². The summed E-state index contributed by atoms with van der Waals surface area (Å²) in [6.45, 7) is 5.85. The van der Waals surface area contributed by atoms with Crippen LogP contribution in [0, 0.1) is 20.8 Å². The zero-order valence-electron chi connectivity index (χ0n) is 19.7. The fraction of sp³-hybridized carbons (Fsp3) is 0.296. The summed E-state index contributed by atoms with van der Waals surface area (Å²) in [5.74, 6) is -0.338. The van der Waals surface area contributed by atoms with Crippen molar-refractivity contribution in [2.24, 2.45) is 0 Å². The number of fused-ring (bicyclic) bond motifs is 1. The number of aliphatic hydroxyl groups is 1. The topological polar surface area (TPSA) is 86.7 Å². The first-order valence-corrected chi connectivity index (χ1v) is 12.8. The molecular weight excluding hydrogens is 448 g/mol. The van der Waals surface area contributed by atoms with Crippen LogP contribution in [0.2, 0.25) is 0 Å². The fourth-order valence-electron chi connectivity index (χ4n) is 4.81. The molecule has 6 nitrogen and oxygen atoms in total. The molecule has 178 valence electrons. The highest BCUT2D eigenvalue weighted by Crippen LogP contribution is 2.32. The van der Waals surface area contributed by atoms with Gasteiger partial charge in [-0.25, -0.2) is 8.42 Å². The van der Waals surface area contributed by atoms with E-state index < -0.39 is 16.1 Å². The molecule has 4 rings (SSSR count). The molecule has 0 saturated heterocycles. The van der Waals surface area contributed by atoms with E-state index in [-0.39, 0.29) is 30.5 Å². The van der Waals surface area contributed by atoms with Crippen LogP contribution in [0.1, 0.15) is 38.9 Å². The van der Waals surface area contributed by atoms with Crippen LogP contribution in [0.5, 0.6) is 0 Å². The Morgan fingerprint density at radius 3 is 2.29 bits per heavy atom. The Kier molecular flexibility index (Phi) is 6.89. The highest BCUT2D eigenvalue weighted by atomic mass is 32.2. The number of carbonyl (C=O) groups is 1. The van der Waals surface area contributed by atoms with Crippen molar-refractivity contribution in [2.45, 2.75) is 57.8 Å². The van der Waals surface area contributed by atoms with E-state index in [1.165, 1.54) is 4.31 Å². The molecule has 2 N–H and O–H groups in total. The predicted octanol–water partition coefficient (Wildman–Crippen LogP) is 3.54. The van der Waals surface area contributed by atoms with E-state index in [9.17, 15) is 18.3 Å². The average molecular weight is 479 g/mol. The van der Waals surface area contributed by atoms with Gasteiger partial charge in [-0.1, -0.05) is 66.2 Å². The molecule has 1 amide bonds. The molecule has 0 saturated carbocycles. The summed E-state index contributed by atoms with van der Waals surface area (Å²) in [6.07, 6.45) is 0.307. The molecular formula is C27H30N2O4S. The number of benzene rings is 3.